The first kappa shape index (κ1) is 26.0. The van der Waals surface area contributed by atoms with Crippen LogP contribution in [0.4, 0.5) is 0 Å². The summed E-state index contributed by atoms with van der Waals surface area (Å²) >= 11 is 0. The zero-order valence-corrected chi connectivity index (χ0v) is 22.6. The lowest BCUT2D eigenvalue weighted by molar-refractivity contribution is 0.414. The van der Waals surface area contributed by atoms with E-state index in [2.05, 4.69) is 62.9 Å². The standard InChI is InChI=1S/C26H34N6O.HI/c1-20-29-30-25(31(20)2)18-28-26(27-15-13-21-9-11-24(33-3)12-10-21)32-16-14-23(19-32)17-22-7-5-4-6-8-22;/h4-12,23H,13-19H2,1-3H3,(H,27,28);1H. The molecule has 34 heavy (non-hydrogen) atoms. The average molecular weight is 575 g/mol. The molecule has 1 N–H and O–H groups in total. The van der Waals surface area contributed by atoms with Crippen LogP contribution in [0.2, 0.25) is 0 Å². The Morgan fingerprint density at radius 2 is 1.85 bits per heavy atom. The lowest BCUT2D eigenvalue weighted by Gasteiger charge is -2.22. The number of likely N-dealkylation sites (tertiary alicyclic amines) is 1. The number of ether oxygens (including phenoxy) is 1. The van der Waals surface area contributed by atoms with Gasteiger partial charge in [-0.2, -0.15) is 0 Å². The maximum atomic E-state index is 5.26. The van der Waals surface area contributed by atoms with Gasteiger partial charge in [-0.1, -0.05) is 42.5 Å². The number of hydrogen-bond donors (Lipinski definition) is 1. The summed E-state index contributed by atoms with van der Waals surface area (Å²) in [5.74, 6) is 4.26. The first-order valence-corrected chi connectivity index (χ1v) is 11.7. The minimum Gasteiger partial charge on any atom is -0.497 e. The van der Waals surface area contributed by atoms with E-state index in [4.69, 9.17) is 9.73 Å². The number of aryl methyl sites for hydroxylation is 1. The molecule has 0 saturated carbocycles. The quantitative estimate of drug-likeness (QED) is 0.250. The van der Waals surface area contributed by atoms with Gasteiger partial charge in [-0.05, 0) is 55.4 Å². The molecule has 1 aliphatic rings. The number of halogens is 1. The Bertz CT molecular complexity index is 1050. The summed E-state index contributed by atoms with van der Waals surface area (Å²) in [6.45, 7) is 5.33. The number of benzene rings is 2. The molecule has 0 spiro atoms. The predicted molar refractivity (Wildman–Crippen MR) is 147 cm³/mol. The van der Waals surface area contributed by atoms with E-state index < -0.39 is 0 Å². The number of methoxy groups -OCH3 is 1. The van der Waals surface area contributed by atoms with Gasteiger partial charge in [0, 0.05) is 26.7 Å². The van der Waals surface area contributed by atoms with E-state index in [0.29, 0.717) is 12.5 Å². The molecule has 1 unspecified atom stereocenters. The molecule has 8 heteroatoms. The summed E-state index contributed by atoms with van der Waals surface area (Å²) in [7, 11) is 3.68. The highest BCUT2D eigenvalue weighted by molar-refractivity contribution is 14.0. The molecular formula is C26H35IN6O. The van der Waals surface area contributed by atoms with Crippen LogP contribution < -0.4 is 10.1 Å². The van der Waals surface area contributed by atoms with Crippen molar-refractivity contribution in [2.75, 3.05) is 26.7 Å². The van der Waals surface area contributed by atoms with Gasteiger partial charge in [0.15, 0.2) is 11.8 Å². The fraction of sp³-hybridized carbons (Fsp3) is 0.423. The predicted octanol–water partition coefficient (Wildman–Crippen LogP) is 4.00. The van der Waals surface area contributed by atoms with Gasteiger partial charge in [0.2, 0.25) is 0 Å². The monoisotopic (exact) mass is 574 g/mol. The number of nitrogens with zero attached hydrogens (tertiary/aromatic N) is 5. The van der Waals surface area contributed by atoms with Crippen molar-refractivity contribution < 1.29 is 4.74 Å². The largest absolute Gasteiger partial charge is 0.497 e. The molecule has 1 aliphatic heterocycles. The number of nitrogens with one attached hydrogen (secondary N) is 1. The van der Waals surface area contributed by atoms with E-state index in [-0.39, 0.29) is 24.0 Å². The second-order valence-electron chi connectivity index (χ2n) is 8.68. The molecule has 1 atom stereocenters. The van der Waals surface area contributed by atoms with Crippen LogP contribution in [0.5, 0.6) is 5.75 Å². The molecule has 182 valence electrons. The van der Waals surface area contributed by atoms with E-state index in [9.17, 15) is 0 Å². The number of guanidine groups is 1. The van der Waals surface area contributed by atoms with Crippen molar-refractivity contribution in [1.82, 2.24) is 25.0 Å². The summed E-state index contributed by atoms with van der Waals surface area (Å²) in [6.07, 6.45) is 3.21. The summed E-state index contributed by atoms with van der Waals surface area (Å²) in [5.41, 5.74) is 2.68. The van der Waals surface area contributed by atoms with Crippen molar-refractivity contribution in [2.45, 2.75) is 32.7 Å². The molecule has 7 nitrogen and oxygen atoms in total. The second kappa shape index (κ2) is 12.7. The van der Waals surface area contributed by atoms with E-state index in [1.54, 1.807) is 7.11 Å². The SMILES string of the molecule is COc1ccc(CCNC(=NCc2nnc(C)n2C)N2CCC(Cc3ccccc3)C2)cc1.I. The Balaban J connectivity index is 0.00000324. The van der Waals surface area contributed by atoms with Gasteiger partial charge in [-0.25, -0.2) is 4.99 Å². The van der Waals surface area contributed by atoms with Crippen molar-refractivity contribution in [2.24, 2.45) is 18.0 Å². The highest BCUT2D eigenvalue weighted by Gasteiger charge is 2.25. The Morgan fingerprint density at radius 3 is 2.53 bits per heavy atom. The van der Waals surface area contributed by atoms with Crippen LogP contribution in [0.25, 0.3) is 0 Å². The molecule has 0 radical (unpaired) electrons. The number of hydrogen-bond acceptors (Lipinski definition) is 4. The average Bonchev–Trinajstić information content (AvgIpc) is 3.44. The highest BCUT2D eigenvalue weighted by atomic mass is 127. The van der Waals surface area contributed by atoms with Gasteiger partial charge < -0.3 is 19.5 Å². The molecule has 4 rings (SSSR count). The van der Waals surface area contributed by atoms with Crippen LogP contribution >= 0.6 is 24.0 Å². The smallest absolute Gasteiger partial charge is 0.194 e. The van der Waals surface area contributed by atoms with E-state index >= 15 is 0 Å². The highest BCUT2D eigenvalue weighted by Crippen LogP contribution is 2.21. The van der Waals surface area contributed by atoms with Gasteiger partial charge in [-0.3, -0.25) is 0 Å². The zero-order valence-electron chi connectivity index (χ0n) is 20.3. The second-order valence-corrected chi connectivity index (χ2v) is 8.68. The van der Waals surface area contributed by atoms with Crippen molar-refractivity contribution in [3.05, 3.63) is 77.4 Å². The van der Waals surface area contributed by atoms with Crippen molar-refractivity contribution in [3.63, 3.8) is 0 Å². The first-order valence-electron chi connectivity index (χ1n) is 11.7. The van der Waals surface area contributed by atoms with Gasteiger partial charge >= 0.3 is 0 Å². The van der Waals surface area contributed by atoms with Crippen LogP contribution in [-0.4, -0.2) is 52.4 Å². The topological polar surface area (TPSA) is 67.6 Å². The lowest BCUT2D eigenvalue weighted by atomic mass is 9.99. The fourth-order valence-corrected chi connectivity index (χ4v) is 4.25. The Labute approximate surface area is 219 Å². The summed E-state index contributed by atoms with van der Waals surface area (Å²) in [4.78, 5) is 7.33. The molecule has 3 aromatic rings. The third-order valence-electron chi connectivity index (χ3n) is 6.36. The third-order valence-corrected chi connectivity index (χ3v) is 6.36. The molecular weight excluding hydrogens is 539 g/mol. The third kappa shape index (κ3) is 6.94. The molecule has 0 aliphatic carbocycles. The van der Waals surface area contributed by atoms with Gasteiger partial charge in [0.25, 0.3) is 0 Å². The maximum absolute atomic E-state index is 5.26. The van der Waals surface area contributed by atoms with Crippen LogP contribution in [0.1, 0.15) is 29.2 Å². The molecule has 0 amide bonds. The van der Waals surface area contributed by atoms with Gasteiger partial charge in [-0.15, -0.1) is 34.2 Å². The molecule has 2 heterocycles. The Kier molecular flexibility index (Phi) is 9.74. The maximum Gasteiger partial charge on any atom is 0.194 e. The Morgan fingerprint density at radius 1 is 1.09 bits per heavy atom. The number of aliphatic imine (C=N–C) groups is 1. The van der Waals surface area contributed by atoms with Crippen molar-refractivity contribution in [3.8, 4) is 5.75 Å². The summed E-state index contributed by atoms with van der Waals surface area (Å²) in [5, 5.41) is 12.0. The summed E-state index contributed by atoms with van der Waals surface area (Å²) < 4.78 is 7.26. The molecule has 1 aromatic heterocycles. The normalized spacial score (nSPS) is 15.8. The molecule has 1 fully saturated rings. The van der Waals surface area contributed by atoms with Crippen molar-refractivity contribution in [1.29, 1.82) is 0 Å². The van der Waals surface area contributed by atoms with Crippen LogP contribution in [0.15, 0.2) is 59.6 Å². The number of aromatic nitrogens is 3. The van der Waals surface area contributed by atoms with Crippen molar-refractivity contribution >= 4 is 29.9 Å². The first-order chi connectivity index (χ1) is 16.1. The fourth-order valence-electron chi connectivity index (χ4n) is 4.25. The lowest BCUT2D eigenvalue weighted by Crippen LogP contribution is -2.41. The number of rotatable bonds is 8. The van der Waals surface area contributed by atoms with Gasteiger partial charge in [0.05, 0.1) is 7.11 Å². The van der Waals surface area contributed by atoms with Gasteiger partial charge in [0.1, 0.15) is 18.1 Å². The molecule has 2 aromatic carbocycles. The minimum atomic E-state index is 0. The Hall–Kier alpha value is -2.62. The molecule has 0 bridgehead atoms. The minimum absolute atomic E-state index is 0. The zero-order chi connectivity index (χ0) is 23.0. The van der Waals surface area contributed by atoms with E-state index in [1.165, 1.54) is 17.5 Å². The van der Waals surface area contributed by atoms with E-state index in [1.807, 2.05) is 30.7 Å². The summed E-state index contributed by atoms with van der Waals surface area (Å²) in [6, 6.07) is 19.0. The van der Waals surface area contributed by atoms with E-state index in [0.717, 1.165) is 55.8 Å². The van der Waals surface area contributed by atoms with Crippen LogP contribution in [-0.2, 0) is 26.4 Å². The van der Waals surface area contributed by atoms with Crippen LogP contribution in [0, 0.1) is 12.8 Å². The molecule has 1 saturated heterocycles. The van der Waals surface area contributed by atoms with Crippen LogP contribution in [0.3, 0.4) is 0 Å².